The monoisotopic (exact) mass is 512 g/mol. The second-order valence-electron chi connectivity index (χ2n) is 10.4. The summed E-state index contributed by atoms with van der Waals surface area (Å²) >= 11 is 0. The lowest BCUT2D eigenvalue weighted by Gasteiger charge is -2.19. The van der Waals surface area contributed by atoms with Gasteiger partial charge in [-0.15, -0.1) is 0 Å². The smallest absolute Gasteiger partial charge is 0.00268 e. The van der Waals surface area contributed by atoms with Crippen molar-refractivity contribution in [1.82, 2.24) is 0 Å². The first-order valence-electron chi connectivity index (χ1n) is 13.9. The van der Waals surface area contributed by atoms with E-state index in [-0.39, 0.29) is 0 Å². The second kappa shape index (κ2) is 11.4. The summed E-state index contributed by atoms with van der Waals surface area (Å²) in [5.41, 5.74) is 14.7. The average molecular weight is 513 g/mol. The largest absolute Gasteiger partial charge is 0.0622 e. The highest BCUT2D eigenvalue weighted by Crippen LogP contribution is 2.38. The van der Waals surface area contributed by atoms with Crippen LogP contribution < -0.4 is 0 Å². The Morgan fingerprint density at radius 1 is 0.300 bits per heavy atom. The fourth-order valence-electron chi connectivity index (χ4n) is 5.43. The van der Waals surface area contributed by atoms with Gasteiger partial charge in [-0.3, -0.25) is 0 Å². The number of hydrogen-bond acceptors (Lipinski definition) is 0. The van der Waals surface area contributed by atoms with Crippen molar-refractivity contribution in [3.63, 3.8) is 0 Å². The molecule has 6 rings (SSSR count). The van der Waals surface area contributed by atoms with Crippen molar-refractivity contribution in [3.05, 3.63) is 191 Å². The Hall–Kier alpha value is -4.94. The van der Waals surface area contributed by atoms with Gasteiger partial charge in [0.1, 0.15) is 0 Å². The lowest BCUT2D eigenvalue weighted by Crippen LogP contribution is -1.98. The Morgan fingerprint density at radius 2 is 0.650 bits per heavy atom. The quantitative estimate of drug-likeness (QED) is 0.195. The predicted molar refractivity (Wildman–Crippen MR) is 171 cm³/mol. The maximum Gasteiger partial charge on any atom is -0.00268 e. The molecule has 0 nitrogen and oxygen atoms in total. The van der Waals surface area contributed by atoms with Crippen LogP contribution in [0.1, 0.15) is 33.4 Å². The maximum atomic E-state index is 2.27. The molecule has 0 heteroatoms. The van der Waals surface area contributed by atoms with Crippen LogP contribution in [0.25, 0.3) is 33.4 Å². The van der Waals surface area contributed by atoms with E-state index in [1.807, 2.05) is 0 Å². The first-order valence-corrected chi connectivity index (χ1v) is 13.9. The summed E-state index contributed by atoms with van der Waals surface area (Å²) in [7, 11) is 0. The molecule has 0 aromatic heterocycles. The van der Waals surface area contributed by atoms with Crippen LogP contribution >= 0.6 is 0 Å². The molecule has 6 aromatic rings. The minimum atomic E-state index is 1.20. The van der Waals surface area contributed by atoms with Crippen LogP contribution in [0.5, 0.6) is 0 Å². The molecule has 0 aliphatic carbocycles. The minimum Gasteiger partial charge on any atom is -0.0622 e. The molecular formula is C40H32. The Balaban J connectivity index is 1.54. The molecule has 0 aliphatic heterocycles. The van der Waals surface area contributed by atoms with Gasteiger partial charge in [-0.25, -0.2) is 0 Å². The molecule has 192 valence electrons. The highest BCUT2D eigenvalue weighted by Gasteiger charge is 2.16. The van der Waals surface area contributed by atoms with Crippen molar-refractivity contribution >= 4 is 11.1 Å². The molecule has 0 aliphatic rings. The number of hydrogen-bond donors (Lipinski definition) is 0. The van der Waals surface area contributed by atoms with Gasteiger partial charge in [0.15, 0.2) is 0 Å². The van der Waals surface area contributed by atoms with Crippen molar-refractivity contribution in [3.8, 4) is 22.3 Å². The molecule has 0 fully saturated rings. The Morgan fingerprint density at radius 3 is 1.00 bits per heavy atom. The van der Waals surface area contributed by atoms with Crippen LogP contribution in [0, 0.1) is 13.8 Å². The van der Waals surface area contributed by atoms with Gasteiger partial charge in [0, 0.05) is 0 Å². The molecule has 6 aromatic carbocycles. The van der Waals surface area contributed by atoms with Gasteiger partial charge in [-0.2, -0.15) is 0 Å². The standard InChI is InChI=1S/C40H32/c1-29-11-9-17-37(27-29)31-19-23-35(24-20-31)39(33-13-5-3-6-14-33)40(34-15-7-4-8-16-34)36-25-21-32(22-26-36)38-18-10-12-30(2)28-38/h3-28H,1-2H3/b40-39+. The van der Waals surface area contributed by atoms with E-state index < -0.39 is 0 Å². The second-order valence-corrected chi connectivity index (χ2v) is 10.4. The third kappa shape index (κ3) is 5.44. The summed E-state index contributed by atoms with van der Waals surface area (Å²) in [6.45, 7) is 4.29. The van der Waals surface area contributed by atoms with E-state index in [1.165, 1.54) is 66.8 Å². The highest BCUT2D eigenvalue weighted by molar-refractivity contribution is 6.04. The molecule has 0 atom stereocenters. The summed E-state index contributed by atoms with van der Waals surface area (Å²) in [5, 5.41) is 0. The molecule has 0 amide bonds. The number of aryl methyl sites for hydroxylation is 2. The Bertz CT molecular complexity index is 1620. The van der Waals surface area contributed by atoms with Gasteiger partial charge in [0.2, 0.25) is 0 Å². The van der Waals surface area contributed by atoms with E-state index >= 15 is 0 Å². The van der Waals surface area contributed by atoms with Gasteiger partial charge >= 0.3 is 0 Å². The fourth-order valence-corrected chi connectivity index (χ4v) is 5.43. The van der Waals surface area contributed by atoms with Crippen LogP contribution in [-0.4, -0.2) is 0 Å². The zero-order chi connectivity index (χ0) is 27.3. The van der Waals surface area contributed by atoms with Gasteiger partial charge in [-0.1, -0.05) is 169 Å². The van der Waals surface area contributed by atoms with Crippen molar-refractivity contribution in [2.24, 2.45) is 0 Å². The van der Waals surface area contributed by atoms with Crippen molar-refractivity contribution < 1.29 is 0 Å². The van der Waals surface area contributed by atoms with Crippen molar-refractivity contribution in [1.29, 1.82) is 0 Å². The third-order valence-corrected chi connectivity index (χ3v) is 7.42. The molecule has 0 N–H and O–H groups in total. The SMILES string of the molecule is Cc1cccc(-c2ccc(/C(=C(\c3ccccc3)c3ccc(-c4cccc(C)c4)cc3)c3ccccc3)cc2)c1. The summed E-state index contributed by atoms with van der Waals surface area (Å²) < 4.78 is 0. The van der Waals surface area contributed by atoms with E-state index in [1.54, 1.807) is 0 Å². The lowest BCUT2D eigenvalue weighted by atomic mass is 9.85. The molecule has 0 heterocycles. The first-order chi connectivity index (χ1) is 19.7. The van der Waals surface area contributed by atoms with E-state index in [4.69, 9.17) is 0 Å². The first kappa shape index (κ1) is 25.3. The molecule has 0 spiro atoms. The summed E-state index contributed by atoms with van der Waals surface area (Å²) in [6.07, 6.45) is 0. The molecule has 0 saturated heterocycles. The molecular weight excluding hydrogens is 480 g/mol. The topological polar surface area (TPSA) is 0 Å². The van der Waals surface area contributed by atoms with Crippen molar-refractivity contribution in [2.45, 2.75) is 13.8 Å². The summed E-state index contributed by atoms with van der Waals surface area (Å²) in [5.74, 6) is 0. The highest BCUT2D eigenvalue weighted by atomic mass is 14.2. The van der Waals surface area contributed by atoms with Crippen molar-refractivity contribution in [2.75, 3.05) is 0 Å². The van der Waals surface area contributed by atoms with E-state index in [0.29, 0.717) is 0 Å². The van der Waals surface area contributed by atoms with E-state index in [2.05, 4.69) is 172 Å². The van der Waals surface area contributed by atoms with E-state index in [0.717, 1.165) is 0 Å². The van der Waals surface area contributed by atoms with Gasteiger partial charge < -0.3 is 0 Å². The fraction of sp³-hybridized carbons (Fsp3) is 0.0500. The van der Waals surface area contributed by atoms with Crippen LogP contribution in [0.3, 0.4) is 0 Å². The zero-order valence-corrected chi connectivity index (χ0v) is 23.0. The Kier molecular flexibility index (Phi) is 7.24. The number of rotatable bonds is 6. The van der Waals surface area contributed by atoms with Gasteiger partial charge in [-0.05, 0) is 69.5 Å². The van der Waals surface area contributed by atoms with Gasteiger partial charge in [0.05, 0.1) is 0 Å². The Labute approximate surface area is 237 Å². The molecule has 0 saturated carbocycles. The maximum absolute atomic E-state index is 2.27. The summed E-state index contributed by atoms with van der Waals surface area (Å²) in [6, 6.07) is 57.0. The average Bonchev–Trinajstić information content (AvgIpc) is 3.01. The molecule has 40 heavy (non-hydrogen) atoms. The molecule has 0 unspecified atom stereocenters. The number of benzene rings is 6. The zero-order valence-electron chi connectivity index (χ0n) is 23.0. The summed E-state index contributed by atoms with van der Waals surface area (Å²) in [4.78, 5) is 0. The normalized spacial score (nSPS) is 11.7. The van der Waals surface area contributed by atoms with Crippen LogP contribution in [0.2, 0.25) is 0 Å². The predicted octanol–water partition coefficient (Wildman–Crippen LogP) is 10.6. The molecule has 0 radical (unpaired) electrons. The third-order valence-electron chi connectivity index (χ3n) is 7.42. The van der Waals surface area contributed by atoms with Crippen LogP contribution in [0.4, 0.5) is 0 Å². The van der Waals surface area contributed by atoms with Gasteiger partial charge in [0.25, 0.3) is 0 Å². The van der Waals surface area contributed by atoms with Crippen LogP contribution in [-0.2, 0) is 0 Å². The lowest BCUT2D eigenvalue weighted by molar-refractivity contribution is 1.46. The molecule has 0 bridgehead atoms. The minimum absolute atomic E-state index is 1.20. The van der Waals surface area contributed by atoms with E-state index in [9.17, 15) is 0 Å². The van der Waals surface area contributed by atoms with Crippen LogP contribution in [0.15, 0.2) is 158 Å².